The Labute approximate surface area is 139 Å². The smallest absolute Gasteiger partial charge is 0.265 e. The molecule has 2 rings (SSSR count). The van der Waals surface area contributed by atoms with Gasteiger partial charge < -0.3 is 14.8 Å². The fourth-order valence-electron chi connectivity index (χ4n) is 1.94. The molecule has 4 nitrogen and oxygen atoms in total. The van der Waals surface area contributed by atoms with Crippen LogP contribution in [-0.4, -0.2) is 19.1 Å². The molecular weight excluding hydrogens is 321 g/mol. The van der Waals surface area contributed by atoms with Gasteiger partial charge in [-0.1, -0.05) is 18.5 Å². The highest BCUT2D eigenvalue weighted by molar-refractivity contribution is 6.31. The lowest BCUT2D eigenvalue weighted by Crippen LogP contribution is -2.32. The minimum absolute atomic E-state index is 0.0491. The zero-order chi connectivity index (χ0) is 16.8. The second kappa shape index (κ2) is 7.83. The predicted octanol–water partition coefficient (Wildman–Crippen LogP) is 4.28. The third kappa shape index (κ3) is 4.60. The van der Waals surface area contributed by atoms with Crippen LogP contribution in [0.3, 0.4) is 0 Å². The maximum Gasteiger partial charge on any atom is 0.265 e. The van der Waals surface area contributed by atoms with Crippen LogP contribution in [-0.2, 0) is 4.79 Å². The fourth-order valence-corrected chi connectivity index (χ4v) is 2.12. The number of hydrogen-bond donors (Lipinski definition) is 1. The summed E-state index contributed by atoms with van der Waals surface area (Å²) in [7, 11) is 1.58. The molecule has 0 heterocycles. The van der Waals surface area contributed by atoms with Crippen LogP contribution in [0.4, 0.5) is 10.1 Å². The van der Waals surface area contributed by atoms with E-state index in [9.17, 15) is 9.18 Å². The zero-order valence-electron chi connectivity index (χ0n) is 12.8. The normalized spacial score (nSPS) is 11.7. The van der Waals surface area contributed by atoms with Crippen molar-refractivity contribution < 1.29 is 18.7 Å². The SMILES string of the molecule is CC[C@H](Oc1ccc(OC)cc1)C(=O)Nc1ccc(F)c(Cl)c1. The van der Waals surface area contributed by atoms with E-state index in [0.29, 0.717) is 23.6 Å². The van der Waals surface area contributed by atoms with Gasteiger partial charge >= 0.3 is 0 Å². The number of amides is 1. The summed E-state index contributed by atoms with van der Waals surface area (Å²) in [5.74, 6) is 0.401. The number of halogens is 2. The van der Waals surface area contributed by atoms with Crippen molar-refractivity contribution >= 4 is 23.2 Å². The fraction of sp³-hybridized carbons (Fsp3) is 0.235. The second-order valence-corrected chi connectivity index (χ2v) is 5.22. The van der Waals surface area contributed by atoms with Crippen LogP contribution in [0.25, 0.3) is 0 Å². The van der Waals surface area contributed by atoms with E-state index in [0.717, 1.165) is 0 Å². The van der Waals surface area contributed by atoms with Gasteiger partial charge in [0, 0.05) is 5.69 Å². The number of benzene rings is 2. The summed E-state index contributed by atoms with van der Waals surface area (Å²) in [5, 5.41) is 2.61. The van der Waals surface area contributed by atoms with Gasteiger partial charge in [-0.15, -0.1) is 0 Å². The molecule has 0 saturated carbocycles. The predicted molar refractivity (Wildman–Crippen MR) is 87.7 cm³/mol. The van der Waals surface area contributed by atoms with E-state index in [1.54, 1.807) is 31.4 Å². The Morgan fingerprint density at radius 2 is 1.87 bits per heavy atom. The number of anilines is 1. The molecule has 0 bridgehead atoms. The summed E-state index contributed by atoms with van der Waals surface area (Å²) in [4.78, 5) is 12.3. The van der Waals surface area contributed by atoms with E-state index < -0.39 is 11.9 Å². The molecule has 0 aliphatic rings. The molecule has 0 aromatic heterocycles. The van der Waals surface area contributed by atoms with Gasteiger partial charge in [0.15, 0.2) is 6.10 Å². The zero-order valence-corrected chi connectivity index (χ0v) is 13.6. The van der Waals surface area contributed by atoms with Crippen LogP contribution >= 0.6 is 11.6 Å². The average Bonchev–Trinajstić information content (AvgIpc) is 2.56. The van der Waals surface area contributed by atoms with E-state index in [-0.39, 0.29) is 10.9 Å². The van der Waals surface area contributed by atoms with Gasteiger partial charge in [-0.2, -0.15) is 0 Å². The van der Waals surface area contributed by atoms with Crippen LogP contribution in [0.15, 0.2) is 42.5 Å². The molecule has 1 atom stereocenters. The molecule has 0 aliphatic heterocycles. The van der Waals surface area contributed by atoms with Gasteiger partial charge in [-0.05, 0) is 48.9 Å². The van der Waals surface area contributed by atoms with E-state index in [1.807, 2.05) is 6.92 Å². The Kier molecular flexibility index (Phi) is 5.82. The van der Waals surface area contributed by atoms with Crippen molar-refractivity contribution in [3.63, 3.8) is 0 Å². The minimum Gasteiger partial charge on any atom is -0.497 e. The van der Waals surface area contributed by atoms with Crippen LogP contribution in [0.5, 0.6) is 11.5 Å². The minimum atomic E-state index is -0.674. The molecular formula is C17H17ClFNO3. The highest BCUT2D eigenvalue weighted by Crippen LogP contribution is 2.21. The standard InChI is InChI=1S/C17H17ClFNO3/c1-3-16(23-13-7-5-12(22-2)6-8-13)17(21)20-11-4-9-15(19)14(18)10-11/h4-10,16H,3H2,1-2H3,(H,20,21)/t16-/m0/s1. The molecule has 1 amide bonds. The molecule has 0 aliphatic carbocycles. The molecule has 0 unspecified atom stereocenters. The summed E-state index contributed by atoms with van der Waals surface area (Å²) < 4.78 is 23.9. The van der Waals surface area contributed by atoms with E-state index in [1.165, 1.54) is 18.2 Å². The Morgan fingerprint density at radius 1 is 1.22 bits per heavy atom. The van der Waals surface area contributed by atoms with Crippen molar-refractivity contribution in [1.29, 1.82) is 0 Å². The number of nitrogens with one attached hydrogen (secondary N) is 1. The van der Waals surface area contributed by atoms with Gasteiger partial charge in [-0.25, -0.2) is 4.39 Å². The van der Waals surface area contributed by atoms with Gasteiger partial charge in [0.25, 0.3) is 5.91 Å². The average molecular weight is 338 g/mol. The van der Waals surface area contributed by atoms with Crippen molar-refractivity contribution in [3.05, 3.63) is 53.3 Å². The quantitative estimate of drug-likeness (QED) is 0.855. The third-order valence-electron chi connectivity index (χ3n) is 3.19. The first-order valence-corrected chi connectivity index (χ1v) is 7.48. The molecule has 2 aromatic carbocycles. The molecule has 1 N–H and O–H groups in total. The lowest BCUT2D eigenvalue weighted by molar-refractivity contribution is -0.122. The lowest BCUT2D eigenvalue weighted by Gasteiger charge is -2.17. The number of ether oxygens (including phenoxy) is 2. The first kappa shape index (κ1) is 17.1. The third-order valence-corrected chi connectivity index (χ3v) is 3.48. The van der Waals surface area contributed by atoms with Gasteiger partial charge in [-0.3, -0.25) is 4.79 Å². The number of rotatable bonds is 6. The first-order chi connectivity index (χ1) is 11.0. The van der Waals surface area contributed by atoms with Gasteiger partial charge in [0.05, 0.1) is 12.1 Å². The second-order valence-electron chi connectivity index (χ2n) is 4.81. The summed E-state index contributed by atoms with van der Waals surface area (Å²) in [6.07, 6.45) is -0.195. The maximum atomic E-state index is 13.1. The summed E-state index contributed by atoms with van der Waals surface area (Å²) >= 11 is 5.70. The van der Waals surface area contributed by atoms with Crippen molar-refractivity contribution in [2.24, 2.45) is 0 Å². The summed E-state index contributed by atoms with van der Waals surface area (Å²) in [6, 6.07) is 10.9. The highest BCUT2D eigenvalue weighted by Gasteiger charge is 2.19. The Hall–Kier alpha value is -2.27. The van der Waals surface area contributed by atoms with E-state index >= 15 is 0 Å². The largest absolute Gasteiger partial charge is 0.497 e. The van der Waals surface area contributed by atoms with Gasteiger partial charge in [0.2, 0.25) is 0 Å². The van der Waals surface area contributed by atoms with Crippen molar-refractivity contribution in [3.8, 4) is 11.5 Å². The maximum absolute atomic E-state index is 13.1. The van der Waals surface area contributed by atoms with Gasteiger partial charge in [0.1, 0.15) is 17.3 Å². The van der Waals surface area contributed by atoms with Crippen LogP contribution in [0, 0.1) is 5.82 Å². The topological polar surface area (TPSA) is 47.6 Å². The van der Waals surface area contributed by atoms with Crippen LogP contribution in [0.1, 0.15) is 13.3 Å². The Morgan fingerprint density at radius 3 is 2.43 bits per heavy atom. The van der Waals surface area contributed by atoms with Crippen LogP contribution in [0.2, 0.25) is 5.02 Å². The lowest BCUT2D eigenvalue weighted by atomic mass is 10.2. The molecule has 0 spiro atoms. The number of hydrogen-bond acceptors (Lipinski definition) is 3. The molecule has 2 aromatic rings. The molecule has 23 heavy (non-hydrogen) atoms. The first-order valence-electron chi connectivity index (χ1n) is 7.10. The monoisotopic (exact) mass is 337 g/mol. The number of carbonyl (C=O) groups excluding carboxylic acids is 1. The van der Waals surface area contributed by atoms with Crippen molar-refractivity contribution in [2.45, 2.75) is 19.4 Å². The summed E-state index contributed by atoms with van der Waals surface area (Å²) in [6.45, 7) is 1.84. The molecule has 6 heteroatoms. The van der Waals surface area contributed by atoms with Crippen molar-refractivity contribution in [2.75, 3.05) is 12.4 Å². The Bertz CT molecular complexity index is 676. The molecule has 0 fully saturated rings. The van der Waals surface area contributed by atoms with E-state index in [2.05, 4.69) is 5.32 Å². The molecule has 122 valence electrons. The Balaban J connectivity index is 2.03. The highest BCUT2D eigenvalue weighted by atomic mass is 35.5. The number of carbonyl (C=O) groups is 1. The molecule has 0 radical (unpaired) electrons. The molecule has 0 saturated heterocycles. The van der Waals surface area contributed by atoms with E-state index in [4.69, 9.17) is 21.1 Å². The number of methoxy groups -OCH3 is 1. The van der Waals surface area contributed by atoms with Crippen molar-refractivity contribution in [1.82, 2.24) is 0 Å². The van der Waals surface area contributed by atoms with Crippen LogP contribution < -0.4 is 14.8 Å². The summed E-state index contributed by atoms with van der Waals surface area (Å²) in [5.41, 5.74) is 0.415.